The van der Waals surface area contributed by atoms with Crippen molar-refractivity contribution in [1.29, 1.82) is 0 Å². The fraction of sp³-hybridized carbons (Fsp3) is 0.250. The highest BCUT2D eigenvalue weighted by Gasteiger charge is 2.17. The second-order valence-electron chi connectivity index (χ2n) is 2.50. The van der Waals surface area contributed by atoms with Gasteiger partial charge in [0.1, 0.15) is 12.2 Å². The molecule has 0 fully saturated rings. The Morgan fingerprint density at radius 1 is 0.722 bits per heavy atom. The van der Waals surface area contributed by atoms with Crippen LogP contribution in [-0.4, -0.2) is 46.3 Å². The van der Waals surface area contributed by atoms with Gasteiger partial charge in [-0.25, -0.2) is 0 Å². The van der Waals surface area contributed by atoms with Crippen molar-refractivity contribution in [2.45, 2.75) is 12.2 Å². The summed E-state index contributed by atoms with van der Waals surface area (Å²) in [6.07, 6.45) is -4.11. The minimum absolute atomic E-state index is 0.384. The summed E-state index contributed by atoms with van der Waals surface area (Å²) < 4.78 is 0. The van der Waals surface area contributed by atoms with Crippen LogP contribution in [-0.2, 0) is 19.2 Å². The third-order valence-corrected chi connectivity index (χ3v) is 1.14. The standard InChI is InChI=1S/C4H6O6.C4H4O4/c5-1(3(7)8)2(6)4(9)10;5-3(6)1-2-4(7)8/h1-2,5-6H,(H,7,8)(H,9,10);1-2H,(H,5,6)(H,7,8)/p-4/b;2-1+. The lowest BCUT2D eigenvalue weighted by Gasteiger charge is -2.18. The first-order valence-corrected chi connectivity index (χ1v) is 3.97. The van der Waals surface area contributed by atoms with Crippen LogP contribution >= 0.6 is 0 Å². The first kappa shape index (κ1) is 17.9. The molecule has 0 radical (unpaired) electrons. The largest absolute Gasteiger partial charge is 0.547 e. The van der Waals surface area contributed by atoms with Crippen LogP contribution in [0.2, 0.25) is 0 Å². The zero-order valence-corrected chi connectivity index (χ0v) is 8.47. The van der Waals surface area contributed by atoms with E-state index in [9.17, 15) is 39.6 Å². The van der Waals surface area contributed by atoms with Gasteiger partial charge in [0.2, 0.25) is 0 Å². The Hall–Kier alpha value is -2.46. The van der Waals surface area contributed by atoms with Gasteiger partial charge >= 0.3 is 0 Å². The zero-order chi connectivity index (χ0) is 14.9. The summed E-state index contributed by atoms with van der Waals surface area (Å²) >= 11 is 0. The maximum atomic E-state index is 9.63. The molecule has 10 heteroatoms. The molecular weight excluding hydrogens is 256 g/mol. The molecule has 0 saturated heterocycles. The second kappa shape index (κ2) is 8.66. The van der Waals surface area contributed by atoms with E-state index >= 15 is 0 Å². The molecule has 0 aliphatic rings. The fourth-order valence-corrected chi connectivity index (χ4v) is 0.394. The van der Waals surface area contributed by atoms with Gasteiger partial charge < -0.3 is 49.8 Å². The average molecular weight is 262 g/mol. The van der Waals surface area contributed by atoms with E-state index in [-0.39, 0.29) is 0 Å². The monoisotopic (exact) mass is 262 g/mol. The average Bonchev–Trinajstić information content (AvgIpc) is 2.24. The molecule has 2 atom stereocenters. The fourth-order valence-electron chi connectivity index (χ4n) is 0.394. The van der Waals surface area contributed by atoms with Crippen LogP contribution < -0.4 is 20.4 Å². The van der Waals surface area contributed by atoms with Crippen LogP contribution in [0.1, 0.15) is 0 Å². The van der Waals surface area contributed by atoms with E-state index in [1.165, 1.54) is 0 Å². The maximum absolute atomic E-state index is 9.63. The molecule has 2 N–H and O–H groups in total. The number of aliphatic carboxylic acids is 4. The zero-order valence-electron chi connectivity index (χ0n) is 8.47. The molecule has 0 aliphatic heterocycles. The molecule has 0 aromatic carbocycles. The van der Waals surface area contributed by atoms with Gasteiger partial charge in [-0.1, -0.05) is 0 Å². The number of carbonyl (C=O) groups excluding carboxylic acids is 4. The molecule has 10 nitrogen and oxygen atoms in total. The lowest BCUT2D eigenvalue weighted by Crippen LogP contribution is -2.51. The summed E-state index contributed by atoms with van der Waals surface area (Å²) in [5.74, 6) is -7.21. The normalized spacial score (nSPS) is 13.0. The van der Waals surface area contributed by atoms with Gasteiger partial charge in [-0.05, 0) is 12.2 Å². The summed E-state index contributed by atoms with van der Waals surface area (Å²) in [7, 11) is 0. The van der Waals surface area contributed by atoms with Crippen molar-refractivity contribution < 1.29 is 49.8 Å². The van der Waals surface area contributed by atoms with E-state index in [4.69, 9.17) is 10.2 Å². The number of aliphatic hydroxyl groups excluding tert-OH is 2. The van der Waals surface area contributed by atoms with E-state index in [1.807, 2.05) is 0 Å². The summed E-state index contributed by atoms with van der Waals surface area (Å²) in [5, 5.41) is 54.6. The molecule has 0 amide bonds. The van der Waals surface area contributed by atoms with Crippen molar-refractivity contribution in [3.63, 3.8) is 0 Å². The Morgan fingerprint density at radius 2 is 0.944 bits per heavy atom. The van der Waals surface area contributed by atoms with E-state index in [0.29, 0.717) is 12.2 Å². The lowest BCUT2D eigenvalue weighted by molar-refractivity contribution is -0.333. The molecule has 0 heterocycles. The van der Waals surface area contributed by atoms with Crippen LogP contribution in [0.15, 0.2) is 12.2 Å². The topological polar surface area (TPSA) is 201 Å². The highest BCUT2D eigenvalue weighted by atomic mass is 16.4. The van der Waals surface area contributed by atoms with Gasteiger partial charge in [0, 0.05) is 0 Å². The number of hydrogen-bond donors (Lipinski definition) is 2. The molecule has 102 valence electrons. The van der Waals surface area contributed by atoms with E-state index in [0.717, 1.165) is 0 Å². The molecule has 0 bridgehead atoms. The smallest absolute Gasteiger partial charge is 0.124 e. The summed E-state index contributed by atoms with van der Waals surface area (Å²) in [5.41, 5.74) is 0. The molecule has 0 aliphatic carbocycles. The highest BCUT2D eigenvalue weighted by Crippen LogP contribution is 1.88. The number of aliphatic hydroxyl groups is 2. The molecule has 0 saturated carbocycles. The molecule has 0 rings (SSSR count). The Balaban J connectivity index is 0. The Bertz CT molecular complexity index is 323. The van der Waals surface area contributed by atoms with Crippen molar-refractivity contribution >= 4 is 23.9 Å². The predicted octanol–water partition coefficient (Wildman–Crippen LogP) is -7.75. The van der Waals surface area contributed by atoms with Crippen molar-refractivity contribution in [1.82, 2.24) is 0 Å². The molecule has 0 aromatic heterocycles. The molecule has 0 aromatic rings. The summed E-state index contributed by atoms with van der Waals surface area (Å²) in [6.45, 7) is 0. The third-order valence-electron chi connectivity index (χ3n) is 1.14. The van der Waals surface area contributed by atoms with Crippen LogP contribution in [0.25, 0.3) is 0 Å². The van der Waals surface area contributed by atoms with Gasteiger partial charge in [0.15, 0.2) is 0 Å². The number of carbonyl (C=O) groups is 4. The van der Waals surface area contributed by atoms with Crippen molar-refractivity contribution in [3.05, 3.63) is 12.2 Å². The number of hydrogen-bond acceptors (Lipinski definition) is 10. The summed E-state index contributed by atoms with van der Waals surface area (Å²) in [6, 6.07) is 0. The van der Waals surface area contributed by atoms with Crippen molar-refractivity contribution in [3.8, 4) is 0 Å². The molecular formula is C8H6O10-4. The predicted molar refractivity (Wildman–Crippen MR) is 41.2 cm³/mol. The van der Waals surface area contributed by atoms with E-state index in [2.05, 4.69) is 0 Å². The minimum Gasteiger partial charge on any atom is -0.547 e. The number of carboxylic acids is 4. The van der Waals surface area contributed by atoms with E-state index < -0.39 is 36.1 Å². The van der Waals surface area contributed by atoms with Crippen LogP contribution in [0.3, 0.4) is 0 Å². The minimum atomic E-state index is -2.44. The summed E-state index contributed by atoms with van der Waals surface area (Å²) in [4.78, 5) is 38.1. The van der Waals surface area contributed by atoms with E-state index in [1.54, 1.807) is 0 Å². The maximum Gasteiger partial charge on any atom is 0.124 e. The Kier molecular flexibility index (Phi) is 8.63. The van der Waals surface area contributed by atoms with Crippen molar-refractivity contribution in [2.24, 2.45) is 0 Å². The second-order valence-corrected chi connectivity index (χ2v) is 2.50. The van der Waals surface area contributed by atoms with Gasteiger partial charge in [0.25, 0.3) is 0 Å². The van der Waals surface area contributed by atoms with Gasteiger partial charge in [0.05, 0.1) is 23.9 Å². The van der Waals surface area contributed by atoms with Gasteiger partial charge in [-0.15, -0.1) is 0 Å². The first-order chi connectivity index (χ1) is 8.09. The molecule has 18 heavy (non-hydrogen) atoms. The highest BCUT2D eigenvalue weighted by molar-refractivity contribution is 5.87. The first-order valence-electron chi connectivity index (χ1n) is 3.97. The quantitative estimate of drug-likeness (QED) is 0.448. The van der Waals surface area contributed by atoms with Crippen molar-refractivity contribution in [2.75, 3.05) is 0 Å². The Morgan fingerprint density at radius 3 is 1.06 bits per heavy atom. The SMILES string of the molecule is O=C([O-])/C=C/C(=O)[O-].O=C([O-])C(O)C(O)C(=O)[O-]. The lowest BCUT2D eigenvalue weighted by atomic mass is 10.2. The number of rotatable bonds is 5. The van der Waals surface area contributed by atoms with Crippen LogP contribution in [0.5, 0.6) is 0 Å². The third kappa shape index (κ3) is 10.1. The molecule has 2 unspecified atom stereocenters. The Labute approximate surface area is 99.0 Å². The molecule has 0 spiro atoms. The van der Waals surface area contributed by atoms with Gasteiger partial charge in [-0.2, -0.15) is 0 Å². The van der Waals surface area contributed by atoms with Crippen LogP contribution in [0, 0.1) is 0 Å². The number of carboxylic acid groups (broad SMARTS) is 4. The van der Waals surface area contributed by atoms with Crippen LogP contribution in [0.4, 0.5) is 0 Å². The van der Waals surface area contributed by atoms with Gasteiger partial charge in [-0.3, -0.25) is 0 Å².